The normalized spacial score (nSPS) is 20.6. The molecule has 2 rings (SSSR count). The van der Waals surface area contributed by atoms with Crippen LogP contribution in [0.1, 0.15) is 44.7 Å². The van der Waals surface area contributed by atoms with Crippen molar-refractivity contribution in [3.05, 3.63) is 23.8 Å². The number of methoxy groups -OCH3 is 2. The largest absolute Gasteiger partial charge is 0.497 e. The predicted molar refractivity (Wildman–Crippen MR) is 78.0 cm³/mol. The molecule has 1 fully saturated rings. The summed E-state index contributed by atoms with van der Waals surface area (Å²) in [4.78, 5) is 2.57. The number of ether oxygens (including phenoxy) is 2. The minimum absolute atomic E-state index is 0.443. The van der Waals surface area contributed by atoms with Crippen LogP contribution < -0.4 is 9.47 Å². The number of hydrogen-bond donors (Lipinski definition) is 0. The Balaban J connectivity index is 2.36. The van der Waals surface area contributed by atoms with Gasteiger partial charge in [0.1, 0.15) is 11.5 Å². The third-order valence-corrected chi connectivity index (χ3v) is 4.00. The van der Waals surface area contributed by atoms with Gasteiger partial charge in [-0.15, -0.1) is 0 Å². The van der Waals surface area contributed by atoms with Crippen molar-refractivity contribution in [2.24, 2.45) is 0 Å². The summed E-state index contributed by atoms with van der Waals surface area (Å²) in [6.07, 6.45) is 3.77. The number of benzene rings is 1. The smallest absolute Gasteiger partial charge is 0.123 e. The van der Waals surface area contributed by atoms with Gasteiger partial charge in [-0.25, -0.2) is 0 Å². The molecule has 0 N–H and O–H groups in total. The molecule has 1 heterocycles. The molecular formula is C16H25NO2. The summed E-state index contributed by atoms with van der Waals surface area (Å²) in [5.74, 6) is 1.88. The molecule has 19 heavy (non-hydrogen) atoms. The molecule has 0 radical (unpaired) electrons. The van der Waals surface area contributed by atoms with Crippen molar-refractivity contribution in [3.8, 4) is 11.5 Å². The molecule has 1 aromatic carbocycles. The Morgan fingerprint density at radius 2 is 1.95 bits per heavy atom. The summed E-state index contributed by atoms with van der Waals surface area (Å²) in [7, 11) is 3.46. The summed E-state index contributed by atoms with van der Waals surface area (Å²) in [5, 5.41) is 0. The van der Waals surface area contributed by atoms with Crippen molar-refractivity contribution in [2.75, 3.05) is 20.8 Å². The summed E-state index contributed by atoms with van der Waals surface area (Å²) >= 11 is 0. The third kappa shape index (κ3) is 3.03. The first-order valence-electron chi connectivity index (χ1n) is 7.15. The zero-order valence-corrected chi connectivity index (χ0v) is 12.5. The minimum atomic E-state index is 0.443. The molecular weight excluding hydrogens is 238 g/mol. The maximum Gasteiger partial charge on any atom is 0.123 e. The molecule has 1 saturated heterocycles. The fraction of sp³-hybridized carbons (Fsp3) is 0.625. The van der Waals surface area contributed by atoms with Crippen LogP contribution in [0.4, 0.5) is 0 Å². The Morgan fingerprint density at radius 3 is 2.58 bits per heavy atom. The first-order chi connectivity index (χ1) is 9.17. The first kappa shape index (κ1) is 14.2. The van der Waals surface area contributed by atoms with Gasteiger partial charge >= 0.3 is 0 Å². The second-order valence-electron chi connectivity index (χ2n) is 5.45. The Kier molecular flexibility index (Phi) is 4.70. The van der Waals surface area contributed by atoms with Crippen LogP contribution in [0.25, 0.3) is 0 Å². The lowest BCUT2D eigenvalue weighted by atomic mass is 9.93. The zero-order chi connectivity index (χ0) is 13.8. The Bertz CT molecular complexity index is 417. The zero-order valence-electron chi connectivity index (χ0n) is 12.5. The highest BCUT2D eigenvalue weighted by atomic mass is 16.5. The average Bonchev–Trinajstić information content (AvgIpc) is 2.46. The maximum absolute atomic E-state index is 5.54. The molecule has 1 unspecified atom stereocenters. The van der Waals surface area contributed by atoms with Gasteiger partial charge in [0.15, 0.2) is 0 Å². The number of likely N-dealkylation sites (tertiary alicyclic amines) is 1. The molecule has 1 aliphatic rings. The summed E-state index contributed by atoms with van der Waals surface area (Å²) in [6.45, 7) is 5.71. The van der Waals surface area contributed by atoms with E-state index in [-0.39, 0.29) is 0 Å². The van der Waals surface area contributed by atoms with E-state index >= 15 is 0 Å². The van der Waals surface area contributed by atoms with Gasteiger partial charge in [-0.1, -0.05) is 6.42 Å². The fourth-order valence-corrected chi connectivity index (χ4v) is 3.01. The second-order valence-corrected chi connectivity index (χ2v) is 5.45. The molecule has 0 aromatic heterocycles. The van der Waals surface area contributed by atoms with Gasteiger partial charge in [-0.2, -0.15) is 0 Å². The quantitative estimate of drug-likeness (QED) is 0.828. The van der Waals surface area contributed by atoms with E-state index in [1.165, 1.54) is 31.4 Å². The highest BCUT2D eigenvalue weighted by Gasteiger charge is 2.28. The molecule has 0 saturated carbocycles. The monoisotopic (exact) mass is 263 g/mol. The van der Waals surface area contributed by atoms with E-state index in [0.29, 0.717) is 12.1 Å². The SMILES string of the molecule is COc1ccc(OC)c(C2CCCCN2C(C)C)c1. The molecule has 0 amide bonds. The van der Waals surface area contributed by atoms with E-state index in [0.717, 1.165) is 11.5 Å². The van der Waals surface area contributed by atoms with Crippen LogP contribution in [0.2, 0.25) is 0 Å². The van der Waals surface area contributed by atoms with Gasteiger partial charge in [0.05, 0.1) is 14.2 Å². The Hall–Kier alpha value is -1.22. The van der Waals surface area contributed by atoms with Crippen LogP contribution in [0.3, 0.4) is 0 Å². The predicted octanol–water partition coefficient (Wildman–Crippen LogP) is 3.64. The van der Waals surface area contributed by atoms with E-state index in [4.69, 9.17) is 9.47 Å². The fourth-order valence-electron chi connectivity index (χ4n) is 3.01. The van der Waals surface area contributed by atoms with Gasteiger partial charge in [0.25, 0.3) is 0 Å². The van der Waals surface area contributed by atoms with Gasteiger partial charge in [0, 0.05) is 17.6 Å². The van der Waals surface area contributed by atoms with Crippen LogP contribution in [0.5, 0.6) is 11.5 Å². The van der Waals surface area contributed by atoms with Crippen molar-refractivity contribution in [3.63, 3.8) is 0 Å². The molecule has 0 spiro atoms. The van der Waals surface area contributed by atoms with Crippen molar-refractivity contribution in [1.29, 1.82) is 0 Å². The minimum Gasteiger partial charge on any atom is -0.497 e. The number of nitrogens with zero attached hydrogens (tertiary/aromatic N) is 1. The average molecular weight is 263 g/mol. The van der Waals surface area contributed by atoms with Crippen LogP contribution in [-0.4, -0.2) is 31.7 Å². The molecule has 0 aliphatic carbocycles. The molecule has 0 bridgehead atoms. The van der Waals surface area contributed by atoms with Crippen molar-refractivity contribution in [2.45, 2.75) is 45.2 Å². The molecule has 3 heteroatoms. The van der Waals surface area contributed by atoms with Crippen molar-refractivity contribution >= 4 is 0 Å². The van der Waals surface area contributed by atoms with Gasteiger partial charge in [-0.3, -0.25) is 4.90 Å². The number of hydrogen-bond acceptors (Lipinski definition) is 3. The maximum atomic E-state index is 5.54. The van der Waals surface area contributed by atoms with E-state index in [9.17, 15) is 0 Å². The Labute approximate surface area is 116 Å². The van der Waals surface area contributed by atoms with Gasteiger partial charge < -0.3 is 9.47 Å². The lowest BCUT2D eigenvalue weighted by molar-refractivity contribution is 0.110. The van der Waals surface area contributed by atoms with Crippen LogP contribution >= 0.6 is 0 Å². The van der Waals surface area contributed by atoms with Gasteiger partial charge in [-0.05, 0) is 51.4 Å². The lowest BCUT2D eigenvalue weighted by Crippen LogP contribution is -2.38. The highest BCUT2D eigenvalue weighted by molar-refractivity contribution is 5.42. The summed E-state index contributed by atoms with van der Waals surface area (Å²) in [6, 6.07) is 7.11. The molecule has 106 valence electrons. The van der Waals surface area contributed by atoms with E-state index in [1.807, 2.05) is 12.1 Å². The molecule has 1 atom stereocenters. The van der Waals surface area contributed by atoms with Crippen LogP contribution in [0.15, 0.2) is 18.2 Å². The van der Waals surface area contributed by atoms with Crippen LogP contribution in [0, 0.1) is 0 Å². The topological polar surface area (TPSA) is 21.7 Å². The number of rotatable bonds is 4. The van der Waals surface area contributed by atoms with Crippen molar-refractivity contribution < 1.29 is 9.47 Å². The molecule has 3 nitrogen and oxygen atoms in total. The summed E-state index contributed by atoms with van der Waals surface area (Å²) in [5.41, 5.74) is 1.26. The standard InChI is InChI=1S/C16H25NO2/c1-12(2)17-10-6-5-7-15(17)14-11-13(18-3)8-9-16(14)19-4/h8-9,11-12,15H,5-7,10H2,1-4H3. The highest BCUT2D eigenvalue weighted by Crippen LogP contribution is 2.38. The Morgan fingerprint density at radius 1 is 1.16 bits per heavy atom. The molecule has 1 aliphatic heterocycles. The van der Waals surface area contributed by atoms with Crippen molar-refractivity contribution in [1.82, 2.24) is 4.90 Å². The van der Waals surface area contributed by atoms with E-state index in [1.54, 1.807) is 14.2 Å². The third-order valence-electron chi connectivity index (χ3n) is 4.00. The second kappa shape index (κ2) is 6.29. The first-order valence-corrected chi connectivity index (χ1v) is 7.15. The summed E-state index contributed by atoms with van der Waals surface area (Å²) < 4.78 is 10.9. The molecule has 1 aromatic rings. The van der Waals surface area contributed by atoms with Gasteiger partial charge in [0.2, 0.25) is 0 Å². The lowest BCUT2D eigenvalue weighted by Gasteiger charge is -2.39. The van der Waals surface area contributed by atoms with Crippen LogP contribution in [-0.2, 0) is 0 Å². The van der Waals surface area contributed by atoms with E-state index in [2.05, 4.69) is 24.8 Å². The van der Waals surface area contributed by atoms with E-state index < -0.39 is 0 Å². The number of piperidine rings is 1.